The lowest BCUT2D eigenvalue weighted by molar-refractivity contribution is 0.112. The number of hydrogen-bond donors (Lipinski definition) is 0. The summed E-state index contributed by atoms with van der Waals surface area (Å²) in [6.07, 6.45) is 4.36. The van der Waals surface area contributed by atoms with E-state index in [9.17, 15) is 4.79 Å². The molecule has 2 aromatic heterocycles. The summed E-state index contributed by atoms with van der Waals surface area (Å²) in [7, 11) is 3.25. The number of fused-ring (bicyclic) bond motifs is 1. The standard InChI is InChI=1S/C8H5NOS.C2H6O/c10-5-7-3-6-1-2-9-4-8(6)11-7;1-3-2/h1-5H;1-2H3. The maximum atomic E-state index is 10.4. The molecule has 0 spiro atoms. The fourth-order valence-corrected chi connectivity index (χ4v) is 1.81. The highest BCUT2D eigenvalue weighted by Crippen LogP contribution is 2.22. The molecule has 0 unspecified atom stereocenters. The minimum Gasteiger partial charge on any atom is -0.388 e. The smallest absolute Gasteiger partial charge is 0.160 e. The number of aldehydes is 1. The van der Waals surface area contributed by atoms with Crippen LogP contribution in [0.15, 0.2) is 24.5 Å². The minimum absolute atomic E-state index is 0.757. The normalized spacial score (nSPS) is 9.29. The molecule has 0 radical (unpaired) electrons. The molecule has 0 aliphatic rings. The molecule has 2 heterocycles. The Morgan fingerprint density at radius 3 is 2.79 bits per heavy atom. The van der Waals surface area contributed by atoms with E-state index in [1.807, 2.05) is 12.1 Å². The Kier molecular flexibility index (Phi) is 4.22. The Labute approximate surface area is 86.3 Å². The van der Waals surface area contributed by atoms with E-state index in [1.165, 1.54) is 11.3 Å². The van der Waals surface area contributed by atoms with Crippen LogP contribution in [0.5, 0.6) is 0 Å². The molecular formula is C10H11NO2S. The highest BCUT2D eigenvalue weighted by atomic mass is 32.1. The molecule has 0 fully saturated rings. The summed E-state index contributed by atoms with van der Waals surface area (Å²) < 4.78 is 5.31. The SMILES string of the molecule is COC.O=Cc1cc2ccncc2s1. The van der Waals surface area contributed by atoms with Crippen molar-refractivity contribution in [1.29, 1.82) is 0 Å². The number of hydrogen-bond acceptors (Lipinski definition) is 4. The van der Waals surface area contributed by atoms with Gasteiger partial charge in [-0.05, 0) is 17.5 Å². The topological polar surface area (TPSA) is 39.2 Å². The van der Waals surface area contributed by atoms with E-state index in [0.29, 0.717) is 0 Å². The molecule has 74 valence electrons. The van der Waals surface area contributed by atoms with Gasteiger partial charge in [-0.3, -0.25) is 9.78 Å². The fourth-order valence-electron chi connectivity index (χ4n) is 0.963. The Bertz CT molecular complexity index is 378. The first-order valence-electron chi connectivity index (χ1n) is 4.00. The predicted octanol–water partition coefficient (Wildman–Crippen LogP) is 2.37. The molecule has 0 bridgehead atoms. The van der Waals surface area contributed by atoms with Crippen molar-refractivity contribution in [3.05, 3.63) is 29.4 Å². The molecule has 2 aromatic rings. The van der Waals surface area contributed by atoms with E-state index in [1.54, 1.807) is 26.6 Å². The number of thiophene rings is 1. The molecule has 0 N–H and O–H groups in total. The molecule has 14 heavy (non-hydrogen) atoms. The molecule has 0 amide bonds. The molecule has 0 saturated carbocycles. The molecule has 0 atom stereocenters. The molecule has 0 aliphatic heterocycles. The van der Waals surface area contributed by atoms with Gasteiger partial charge in [0.15, 0.2) is 6.29 Å². The first-order chi connectivity index (χ1) is 6.81. The summed E-state index contributed by atoms with van der Waals surface area (Å²) >= 11 is 1.47. The third-order valence-electron chi connectivity index (χ3n) is 1.46. The summed E-state index contributed by atoms with van der Waals surface area (Å²) in [5.74, 6) is 0. The zero-order valence-corrected chi connectivity index (χ0v) is 8.88. The number of carbonyl (C=O) groups is 1. The Morgan fingerprint density at radius 2 is 2.21 bits per heavy atom. The Balaban J connectivity index is 0.000000293. The number of methoxy groups -OCH3 is 1. The van der Waals surface area contributed by atoms with Crippen LogP contribution in [0.4, 0.5) is 0 Å². The zero-order valence-electron chi connectivity index (χ0n) is 8.06. The minimum atomic E-state index is 0.757. The number of nitrogens with zero attached hydrogens (tertiary/aromatic N) is 1. The van der Waals surface area contributed by atoms with E-state index < -0.39 is 0 Å². The molecule has 2 rings (SSSR count). The van der Waals surface area contributed by atoms with Gasteiger partial charge in [0, 0.05) is 26.6 Å². The van der Waals surface area contributed by atoms with E-state index >= 15 is 0 Å². The quantitative estimate of drug-likeness (QED) is 0.677. The van der Waals surface area contributed by atoms with Crippen LogP contribution in [-0.4, -0.2) is 25.5 Å². The molecule has 4 heteroatoms. The number of rotatable bonds is 1. The van der Waals surface area contributed by atoms with E-state index in [2.05, 4.69) is 9.72 Å². The van der Waals surface area contributed by atoms with Crippen LogP contribution in [0.1, 0.15) is 9.67 Å². The first kappa shape index (κ1) is 10.8. The Hall–Kier alpha value is -1.26. The van der Waals surface area contributed by atoms with Crippen molar-refractivity contribution < 1.29 is 9.53 Å². The average molecular weight is 209 g/mol. The zero-order chi connectivity index (χ0) is 10.4. The second kappa shape index (κ2) is 5.47. The van der Waals surface area contributed by atoms with Crippen LogP contribution in [0.2, 0.25) is 0 Å². The van der Waals surface area contributed by atoms with Crippen molar-refractivity contribution in [2.45, 2.75) is 0 Å². The predicted molar refractivity (Wildman–Crippen MR) is 57.9 cm³/mol. The van der Waals surface area contributed by atoms with Crippen molar-refractivity contribution >= 4 is 27.7 Å². The van der Waals surface area contributed by atoms with Crippen LogP contribution in [0.3, 0.4) is 0 Å². The maximum absolute atomic E-state index is 10.4. The van der Waals surface area contributed by atoms with Crippen LogP contribution in [0.25, 0.3) is 10.1 Å². The van der Waals surface area contributed by atoms with E-state index in [0.717, 1.165) is 21.2 Å². The monoisotopic (exact) mass is 209 g/mol. The third-order valence-corrected chi connectivity index (χ3v) is 2.47. The number of ether oxygens (including phenoxy) is 1. The summed E-state index contributed by atoms with van der Waals surface area (Å²) in [6, 6.07) is 3.77. The average Bonchev–Trinajstić information content (AvgIpc) is 2.61. The van der Waals surface area contributed by atoms with Crippen molar-refractivity contribution in [3.8, 4) is 0 Å². The fraction of sp³-hybridized carbons (Fsp3) is 0.200. The molecule has 3 nitrogen and oxygen atoms in total. The molecule has 0 aromatic carbocycles. The van der Waals surface area contributed by atoms with Gasteiger partial charge in [0.05, 0.1) is 9.58 Å². The van der Waals surface area contributed by atoms with Gasteiger partial charge in [-0.15, -0.1) is 11.3 Å². The van der Waals surface area contributed by atoms with E-state index in [-0.39, 0.29) is 0 Å². The van der Waals surface area contributed by atoms with Gasteiger partial charge in [0.1, 0.15) is 0 Å². The second-order valence-electron chi connectivity index (χ2n) is 2.59. The second-order valence-corrected chi connectivity index (χ2v) is 3.70. The first-order valence-corrected chi connectivity index (χ1v) is 4.82. The summed E-state index contributed by atoms with van der Waals surface area (Å²) in [5.41, 5.74) is 0. The van der Waals surface area contributed by atoms with Gasteiger partial charge in [-0.25, -0.2) is 0 Å². The summed E-state index contributed by atoms with van der Waals surface area (Å²) in [6.45, 7) is 0. The van der Waals surface area contributed by atoms with Crippen molar-refractivity contribution in [2.24, 2.45) is 0 Å². The van der Waals surface area contributed by atoms with Crippen LogP contribution in [0, 0.1) is 0 Å². The maximum Gasteiger partial charge on any atom is 0.160 e. The van der Waals surface area contributed by atoms with Crippen LogP contribution < -0.4 is 0 Å². The summed E-state index contributed by atoms with van der Waals surface area (Å²) in [5, 5.41) is 1.09. The number of carbonyl (C=O) groups excluding carboxylic acids is 1. The van der Waals surface area contributed by atoms with Gasteiger partial charge in [0.25, 0.3) is 0 Å². The summed E-state index contributed by atoms with van der Waals surface area (Å²) in [4.78, 5) is 15.1. The lowest BCUT2D eigenvalue weighted by atomic mass is 10.3. The van der Waals surface area contributed by atoms with Crippen LogP contribution in [-0.2, 0) is 4.74 Å². The van der Waals surface area contributed by atoms with Crippen molar-refractivity contribution in [1.82, 2.24) is 4.98 Å². The van der Waals surface area contributed by atoms with Gasteiger partial charge >= 0.3 is 0 Å². The largest absolute Gasteiger partial charge is 0.388 e. The van der Waals surface area contributed by atoms with Crippen molar-refractivity contribution in [2.75, 3.05) is 14.2 Å². The molecular weight excluding hydrogens is 198 g/mol. The molecule has 0 saturated heterocycles. The molecule has 0 aliphatic carbocycles. The van der Waals surface area contributed by atoms with Crippen LogP contribution >= 0.6 is 11.3 Å². The van der Waals surface area contributed by atoms with Gasteiger partial charge < -0.3 is 4.74 Å². The highest BCUT2D eigenvalue weighted by Gasteiger charge is 1.98. The Morgan fingerprint density at radius 1 is 1.50 bits per heavy atom. The highest BCUT2D eigenvalue weighted by molar-refractivity contribution is 7.20. The lowest BCUT2D eigenvalue weighted by Crippen LogP contribution is -1.64. The number of pyridine rings is 1. The van der Waals surface area contributed by atoms with Gasteiger partial charge in [-0.2, -0.15) is 0 Å². The number of aromatic nitrogens is 1. The van der Waals surface area contributed by atoms with Crippen molar-refractivity contribution in [3.63, 3.8) is 0 Å². The van der Waals surface area contributed by atoms with Gasteiger partial charge in [0.2, 0.25) is 0 Å². The van der Waals surface area contributed by atoms with E-state index in [4.69, 9.17) is 0 Å². The third kappa shape index (κ3) is 2.61. The lowest BCUT2D eigenvalue weighted by Gasteiger charge is -1.81. The van der Waals surface area contributed by atoms with Gasteiger partial charge in [-0.1, -0.05) is 0 Å².